The quantitative estimate of drug-likeness (QED) is 0.509. The van der Waals surface area contributed by atoms with Crippen LogP contribution in [0.3, 0.4) is 0 Å². The van der Waals surface area contributed by atoms with Crippen molar-refractivity contribution in [2.45, 2.75) is 31.2 Å². The molecule has 1 amide bonds. The molecule has 0 heterocycles. The molecule has 0 aliphatic rings. The first-order valence-electron chi connectivity index (χ1n) is 8.30. The summed E-state index contributed by atoms with van der Waals surface area (Å²) < 4.78 is 0. The van der Waals surface area contributed by atoms with Crippen molar-refractivity contribution in [3.63, 3.8) is 0 Å². The largest absolute Gasteiger partial charge is 0.345 e. The predicted molar refractivity (Wildman–Crippen MR) is 103 cm³/mol. The summed E-state index contributed by atoms with van der Waals surface area (Å²) in [5.74, 6) is 1.27. The molecule has 3 heteroatoms. The Morgan fingerprint density at radius 2 is 1.79 bits per heavy atom. The van der Waals surface area contributed by atoms with E-state index in [1.54, 1.807) is 11.8 Å². The van der Waals surface area contributed by atoms with E-state index in [0.717, 1.165) is 28.2 Å². The van der Waals surface area contributed by atoms with Crippen LogP contribution in [0, 0.1) is 5.92 Å². The SMILES string of the molecule is C=CCSc1ccccc1C(=O)N[C@@H](CC(C)C)c1ccccc1. The second-order valence-electron chi connectivity index (χ2n) is 6.16. The maximum absolute atomic E-state index is 12.8. The van der Waals surface area contributed by atoms with Gasteiger partial charge in [-0.25, -0.2) is 0 Å². The van der Waals surface area contributed by atoms with E-state index < -0.39 is 0 Å². The highest BCUT2D eigenvalue weighted by atomic mass is 32.2. The standard InChI is InChI=1S/C21H25NOS/c1-4-14-24-20-13-9-8-12-18(20)21(23)22-19(15-16(2)3)17-10-6-5-7-11-17/h4-13,16,19H,1,14-15H2,2-3H3,(H,22,23)/t19-/m0/s1. The van der Waals surface area contributed by atoms with E-state index in [1.807, 2.05) is 48.5 Å². The average molecular weight is 340 g/mol. The first-order valence-corrected chi connectivity index (χ1v) is 9.29. The Morgan fingerprint density at radius 3 is 2.46 bits per heavy atom. The number of nitrogens with one attached hydrogen (secondary N) is 1. The van der Waals surface area contributed by atoms with Crippen LogP contribution >= 0.6 is 11.8 Å². The van der Waals surface area contributed by atoms with Crippen molar-refractivity contribution < 1.29 is 4.79 Å². The minimum absolute atomic E-state index is 0.0170. The zero-order valence-corrected chi connectivity index (χ0v) is 15.2. The van der Waals surface area contributed by atoms with Gasteiger partial charge in [0.15, 0.2) is 0 Å². The molecule has 0 saturated carbocycles. The van der Waals surface area contributed by atoms with Crippen LogP contribution in [-0.2, 0) is 0 Å². The smallest absolute Gasteiger partial charge is 0.252 e. The molecule has 126 valence electrons. The molecular weight excluding hydrogens is 314 g/mol. The fourth-order valence-corrected chi connectivity index (χ4v) is 3.39. The number of benzene rings is 2. The zero-order valence-electron chi connectivity index (χ0n) is 14.4. The maximum atomic E-state index is 12.8. The normalized spacial score (nSPS) is 12.0. The molecule has 2 aromatic rings. The Kier molecular flexibility index (Phi) is 7.13. The van der Waals surface area contributed by atoms with Gasteiger partial charge in [-0.3, -0.25) is 4.79 Å². The summed E-state index contributed by atoms with van der Waals surface area (Å²) in [4.78, 5) is 13.8. The first-order chi connectivity index (χ1) is 11.6. The summed E-state index contributed by atoms with van der Waals surface area (Å²) in [5, 5.41) is 3.22. The van der Waals surface area contributed by atoms with E-state index in [1.165, 1.54) is 0 Å². The van der Waals surface area contributed by atoms with Crippen LogP contribution in [0.5, 0.6) is 0 Å². The van der Waals surface area contributed by atoms with Gasteiger partial charge >= 0.3 is 0 Å². The fourth-order valence-electron chi connectivity index (χ4n) is 2.60. The van der Waals surface area contributed by atoms with Crippen LogP contribution < -0.4 is 5.32 Å². The van der Waals surface area contributed by atoms with Crippen molar-refractivity contribution in [2.24, 2.45) is 5.92 Å². The van der Waals surface area contributed by atoms with Crippen molar-refractivity contribution in [1.29, 1.82) is 0 Å². The van der Waals surface area contributed by atoms with Gasteiger partial charge in [0.2, 0.25) is 0 Å². The van der Waals surface area contributed by atoms with Gasteiger partial charge < -0.3 is 5.32 Å². The van der Waals surface area contributed by atoms with Crippen LogP contribution in [-0.4, -0.2) is 11.7 Å². The van der Waals surface area contributed by atoms with Crippen molar-refractivity contribution >= 4 is 17.7 Å². The van der Waals surface area contributed by atoms with Crippen LogP contribution in [0.2, 0.25) is 0 Å². The van der Waals surface area contributed by atoms with Gasteiger partial charge in [-0.2, -0.15) is 0 Å². The second-order valence-corrected chi connectivity index (χ2v) is 7.22. The van der Waals surface area contributed by atoms with Gasteiger partial charge in [0.05, 0.1) is 11.6 Å². The van der Waals surface area contributed by atoms with E-state index in [9.17, 15) is 4.79 Å². The van der Waals surface area contributed by atoms with Crippen LogP contribution in [0.15, 0.2) is 72.1 Å². The highest BCUT2D eigenvalue weighted by Crippen LogP contribution is 2.25. The van der Waals surface area contributed by atoms with Gasteiger partial charge in [0, 0.05) is 10.6 Å². The lowest BCUT2D eigenvalue weighted by molar-refractivity contribution is 0.0929. The Hall–Kier alpha value is -2.00. The van der Waals surface area contributed by atoms with Crippen molar-refractivity contribution in [3.05, 3.63) is 78.4 Å². The van der Waals surface area contributed by atoms with Gasteiger partial charge in [-0.15, -0.1) is 18.3 Å². The molecule has 0 radical (unpaired) electrons. The number of thioether (sulfide) groups is 1. The lowest BCUT2D eigenvalue weighted by Gasteiger charge is -2.22. The molecule has 0 fully saturated rings. The molecule has 1 N–H and O–H groups in total. The number of hydrogen-bond acceptors (Lipinski definition) is 2. The van der Waals surface area contributed by atoms with Crippen LogP contribution in [0.1, 0.15) is 42.2 Å². The third kappa shape index (κ3) is 5.27. The van der Waals surface area contributed by atoms with E-state index in [-0.39, 0.29) is 11.9 Å². The highest BCUT2D eigenvalue weighted by molar-refractivity contribution is 7.99. The number of hydrogen-bond donors (Lipinski definition) is 1. The van der Waals surface area contributed by atoms with Gasteiger partial charge in [0.25, 0.3) is 5.91 Å². The summed E-state index contributed by atoms with van der Waals surface area (Å²) in [6, 6.07) is 18.0. The topological polar surface area (TPSA) is 29.1 Å². The molecule has 1 atom stereocenters. The first kappa shape index (κ1) is 18.3. The number of carbonyl (C=O) groups is 1. The highest BCUT2D eigenvalue weighted by Gasteiger charge is 2.18. The minimum Gasteiger partial charge on any atom is -0.345 e. The molecule has 24 heavy (non-hydrogen) atoms. The molecule has 0 unspecified atom stereocenters. The fraction of sp³-hybridized carbons (Fsp3) is 0.286. The van der Waals surface area contributed by atoms with Crippen LogP contribution in [0.25, 0.3) is 0 Å². The van der Waals surface area contributed by atoms with E-state index in [2.05, 4.69) is 37.9 Å². The molecule has 0 aromatic heterocycles. The Morgan fingerprint density at radius 1 is 1.12 bits per heavy atom. The zero-order chi connectivity index (χ0) is 17.4. The second kappa shape index (κ2) is 9.33. The third-order valence-electron chi connectivity index (χ3n) is 3.70. The van der Waals surface area contributed by atoms with Crippen LogP contribution in [0.4, 0.5) is 0 Å². The molecule has 0 aliphatic carbocycles. The monoisotopic (exact) mass is 339 g/mol. The van der Waals surface area contributed by atoms with Gasteiger partial charge in [-0.1, -0.05) is 62.4 Å². The van der Waals surface area contributed by atoms with E-state index >= 15 is 0 Å². The Balaban J connectivity index is 2.20. The molecular formula is C21H25NOS. The molecule has 2 rings (SSSR count). The van der Waals surface area contributed by atoms with Crippen molar-refractivity contribution in [3.8, 4) is 0 Å². The summed E-state index contributed by atoms with van der Waals surface area (Å²) in [7, 11) is 0. The van der Waals surface area contributed by atoms with Crippen molar-refractivity contribution in [1.82, 2.24) is 5.32 Å². The summed E-state index contributed by atoms with van der Waals surface area (Å²) in [6.45, 7) is 8.10. The Bertz CT molecular complexity index is 667. The molecule has 0 aliphatic heterocycles. The summed E-state index contributed by atoms with van der Waals surface area (Å²) in [5.41, 5.74) is 1.88. The molecule has 0 bridgehead atoms. The minimum atomic E-state index is -0.0170. The lowest BCUT2D eigenvalue weighted by atomic mass is 9.96. The van der Waals surface area contributed by atoms with Gasteiger partial charge in [0.1, 0.15) is 0 Å². The number of amides is 1. The maximum Gasteiger partial charge on any atom is 0.252 e. The molecule has 2 aromatic carbocycles. The third-order valence-corrected chi connectivity index (χ3v) is 4.77. The molecule has 0 saturated heterocycles. The van der Waals surface area contributed by atoms with E-state index in [0.29, 0.717) is 5.92 Å². The lowest BCUT2D eigenvalue weighted by Crippen LogP contribution is -2.29. The predicted octanol–water partition coefficient (Wildman–Crippen LogP) is 5.48. The van der Waals surface area contributed by atoms with Gasteiger partial charge in [-0.05, 0) is 30.0 Å². The number of carbonyl (C=O) groups excluding carboxylic acids is 1. The number of rotatable bonds is 8. The van der Waals surface area contributed by atoms with Crippen molar-refractivity contribution in [2.75, 3.05) is 5.75 Å². The van der Waals surface area contributed by atoms with E-state index in [4.69, 9.17) is 0 Å². The molecule has 2 nitrogen and oxygen atoms in total. The Labute approximate surface area is 149 Å². The summed E-state index contributed by atoms with van der Waals surface area (Å²) in [6.07, 6.45) is 2.77. The average Bonchev–Trinajstić information content (AvgIpc) is 2.60. The molecule has 0 spiro atoms. The summed E-state index contributed by atoms with van der Waals surface area (Å²) >= 11 is 1.63.